The normalized spacial score (nSPS) is 13.2. The zero-order valence-electron chi connectivity index (χ0n) is 6.68. The molecule has 0 aliphatic rings. The van der Waals surface area contributed by atoms with Crippen molar-refractivity contribution < 1.29 is 133 Å². The molecule has 58 valence electrons. The van der Waals surface area contributed by atoms with Crippen molar-refractivity contribution in [2.45, 2.75) is 12.2 Å². The van der Waals surface area contributed by atoms with Crippen molar-refractivity contribution in [2.75, 3.05) is 0 Å². The summed E-state index contributed by atoms with van der Waals surface area (Å²) in [5.41, 5.74) is 0. The first kappa shape index (κ1) is 19.7. The summed E-state index contributed by atoms with van der Waals surface area (Å²) in [5, 5.41) is 35.7. The topological polar surface area (TPSA) is 121 Å². The van der Waals surface area contributed by atoms with E-state index in [4.69, 9.17) is 10.2 Å². The molecule has 2 atom stereocenters. The van der Waals surface area contributed by atoms with Crippen molar-refractivity contribution in [1.82, 2.24) is 0 Å². The Kier molecular flexibility index (Phi) is 15.9. The van der Waals surface area contributed by atoms with Gasteiger partial charge < -0.3 is 30.0 Å². The molecule has 0 unspecified atom stereocenters. The van der Waals surface area contributed by atoms with Crippen molar-refractivity contribution in [1.29, 1.82) is 0 Å². The van der Waals surface area contributed by atoms with Gasteiger partial charge in [0.2, 0.25) is 0 Å². The zero-order chi connectivity index (χ0) is 8.31. The maximum Gasteiger partial charge on any atom is 1.00 e. The number of aliphatic hydroxyl groups is 2. The van der Waals surface area contributed by atoms with Crippen LogP contribution < -0.4 is 113 Å². The summed E-state index contributed by atoms with van der Waals surface area (Å²) in [7, 11) is 0. The van der Waals surface area contributed by atoms with E-state index in [0.29, 0.717) is 0 Å². The van der Waals surface area contributed by atoms with E-state index in [2.05, 4.69) is 0 Å². The molecule has 0 aromatic heterocycles. The van der Waals surface area contributed by atoms with Gasteiger partial charge in [-0.05, 0) is 0 Å². The van der Waals surface area contributed by atoms with Gasteiger partial charge >= 0.3 is 103 Å². The molecule has 8 heteroatoms. The first-order valence-electron chi connectivity index (χ1n) is 2.24. The number of carboxylic acid groups (broad SMARTS) is 2. The maximum atomic E-state index is 9.63. The summed E-state index contributed by atoms with van der Waals surface area (Å²) < 4.78 is 0. The average molecular weight is 226 g/mol. The smallest absolute Gasteiger partial charge is 0.547 e. The van der Waals surface area contributed by atoms with Crippen LogP contribution in [0.1, 0.15) is 0 Å². The third-order valence-electron chi connectivity index (χ3n) is 0.782. The average Bonchev–Trinajstić information content (AvgIpc) is 1.84. The Morgan fingerprint density at radius 1 is 0.917 bits per heavy atom. The van der Waals surface area contributed by atoms with Gasteiger partial charge in [0.05, 0.1) is 11.9 Å². The Labute approximate surface area is 153 Å². The number of aliphatic hydroxyl groups excluding tert-OH is 2. The second kappa shape index (κ2) is 9.68. The molecular weight excluding hydrogens is 222 g/mol. The fourth-order valence-electron chi connectivity index (χ4n) is 0.258. The van der Waals surface area contributed by atoms with E-state index in [-0.39, 0.29) is 103 Å². The molecule has 0 saturated carbocycles. The number of carboxylic acids is 2. The Morgan fingerprint density at radius 3 is 1.17 bits per heavy atom. The van der Waals surface area contributed by atoms with Crippen LogP contribution in [-0.4, -0.2) is 34.4 Å². The second-order valence-corrected chi connectivity index (χ2v) is 1.53. The van der Waals surface area contributed by atoms with Crippen molar-refractivity contribution in [3.05, 3.63) is 0 Å². The summed E-state index contributed by atoms with van der Waals surface area (Å²) in [6.45, 7) is 0. The van der Waals surface area contributed by atoms with Gasteiger partial charge in [-0.25, -0.2) is 0 Å². The third-order valence-corrected chi connectivity index (χ3v) is 0.782. The van der Waals surface area contributed by atoms with Gasteiger partial charge in [0.25, 0.3) is 0 Å². The van der Waals surface area contributed by atoms with Gasteiger partial charge in [0, 0.05) is 0 Å². The predicted octanol–water partition coefficient (Wildman–Crippen LogP) is -10.8. The molecule has 0 aliphatic carbocycles. The standard InChI is InChI=1S/C4H6O6.2K/c5-1(3(7)8)2(6)4(9)10;;/h1-2,5-6H,(H,7,8)(H,9,10);;/q;2*+1/p-2/t1-,2-;;/m0../s1. The summed E-state index contributed by atoms with van der Waals surface area (Å²) in [6.07, 6.45) is -4.88. The van der Waals surface area contributed by atoms with Crippen LogP contribution in [0.3, 0.4) is 0 Å². The number of hydrogen-bond donors (Lipinski definition) is 2. The first-order chi connectivity index (χ1) is 4.46. The minimum absolute atomic E-state index is 0. The van der Waals surface area contributed by atoms with Crippen LogP contribution >= 0.6 is 0 Å². The van der Waals surface area contributed by atoms with Crippen LogP contribution in [0.2, 0.25) is 0 Å². The number of rotatable bonds is 3. The van der Waals surface area contributed by atoms with Gasteiger partial charge in [0.15, 0.2) is 0 Å². The minimum Gasteiger partial charge on any atom is -0.547 e. The summed E-state index contributed by atoms with van der Waals surface area (Å²) in [5.74, 6) is -4.12. The molecule has 0 fully saturated rings. The SMILES string of the molecule is O=C([O-])[C@@H](O)[C@H](O)C(=O)[O-].[K+].[K+]. The van der Waals surface area contributed by atoms with Gasteiger partial charge in [-0.2, -0.15) is 0 Å². The van der Waals surface area contributed by atoms with Gasteiger partial charge in [0.1, 0.15) is 12.2 Å². The van der Waals surface area contributed by atoms with Gasteiger partial charge in [-0.15, -0.1) is 0 Å². The van der Waals surface area contributed by atoms with E-state index < -0.39 is 24.1 Å². The van der Waals surface area contributed by atoms with E-state index in [1.807, 2.05) is 0 Å². The number of carbonyl (C=O) groups is 2. The third kappa shape index (κ3) is 7.53. The van der Waals surface area contributed by atoms with E-state index in [1.165, 1.54) is 0 Å². The second-order valence-electron chi connectivity index (χ2n) is 1.53. The fourth-order valence-corrected chi connectivity index (χ4v) is 0.258. The molecule has 0 aromatic rings. The van der Waals surface area contributed by atoms with Crippen LogP contribution in [0.4, 0.5) is 0 Å². The monoisotopic (exact) mass is 226 g/mol. The Morgan fingerprint density at radius 2 is 1.08 bits per heavy atom. The van der Waals surface area contributed by atoms with E-state index in [9.17, 15) is 19.8 Å². The molecule has 0 amide bonds. The molecule has 12 heavy (non-hydrogen) atoms. The molecule has 0 saturated heterocycles. The molecular formula is C4H4K2O6. The van der Waals surface area contributed by atoms with Crippen LogP contribution in [0.5, 0.6) is 0 Å². The van der Waals surface area contributed by atoms with E-state index >= 15 is 0 Å². The van der Waals surface area contributed by atoms with Crippen molar-refractivity contribution in [2.24, 2.45) is 0 Å². The largest absolute Gasteiger partial charge is 1.00 e. The molecule has 2 N–H and O–H groups in total. The maximum absolute atomic E-state index is 9.63. The molecule has 0 aliphatic heterocycles. The summed E-state index contributed by atoms with van der Waals surface area (Å²) >= 11 is 0. The van der Waals surface area contributed by atoms with Crippen LogP contribution in [-0.2, 0) is 9.59 Å². The number of aliphatic carboxylic acids is 2. The summed E-state index contributed by atoms with van der Waals surface area (Å²) in [6, 6.07) is 0. The van der Waals surface area contributed by atoms with Crippen molar-refractivity contribution in [3.63, 3.8) is 0 Å². The molecule has 0 aromatic carbocycles. The Hall–Kier alpha value is 2.13. The first-order valence-corrected chi connectivity index (χ1v) is 2.24. The van der Waals surface area contributed by atoms with E-state index in [1.54, 1.807) is 0 Å². The molecule has 0 bridgehead atoms. The molecule has 0 spiro atoms. The van der Waals surface area contributed by atoms with Gasteiger partial charge in [-0.3, -0.25) is 0 Å². The Bertz CT molecular complexity index is 142. The minimum atomic E-state index is -2.44. The van der Waals surface area contributed by atoms with Crippen molar-refractivity contribution >= 4 is 11.9 Å². The Balaban J connectivity index is -0.000000405. The van der Waals surface area contributed by atoms with Gasteiger partial charge in [-0.1, -0.05) is 0 Å². The zero-order valence-corrected chi connectivity index (χ0v) is 12.9. The van der Waals surface area contributed by atoms with Crippen LogP contribution in [0.25, 0.3) is 0 Å². The summed E-state index contributed by atoms with van der Waals surface area (Å²) in [4.78, 5) is 19.3. The number of carbonyl (C=O) groups excluding carboxylic acids is 2. The number of hydrogen-bond acceptors (Lipinski definition) is 6. The molecule has 0 radical (unpaired) electrons. The molecule has 0 rings (SSSR count). The predicted molar refractivity (Wildman–Crippen MR) is 22.0 cm³/mol. The quantitative estimate of drug-likeness (QED) is 0.461. The van der Waals surface area contributed by atoms with Crippen LogP contribution in [0.15, 0.2) is 0 Å². The molecule has 0 heterocycles. The van der Waals surface area contributed by atoms with Crippen LogP contribution in [0, 0.1) is 0 Å². The van der Waals surface area contributed by atoms with Crippen molar-refractivity contribution in [3.8, 4) is 0 Å². The molecule has 6 nitrogen and oxygen atoms in total. The van der Waals surface area contributed by atoms with E-state index in [0.717, 1.165) is 0 Å². The fraction of sp³-hybridized carbons (Fsp3) is 0.500.